The van der Waals surface area contributed by atoms with Crippen molar-refractivity contribution in [2.45, 2.75) is 83.0 Å². The van der Waals surface area contributed by atoms with Crippen molar-refractivity contribution in [3.63, 3.8) is 0 Å². The van der Waals surface area contributed by atoms with Crippen LogP contribution >= 0.6 is 0 Å². The van der Waals surface area contributed by atoms with E-state index in [1.54, 1.807) is 6.92 Å². The fraction of sp³-hybridized carbons (Fsp3) is 0.700. The van der Waals surface area contributed by atoms with E-state index < -0.39 is 11.6 Å². The summed E-state index contributed by atoms with van der Waals surface area (Å²) in [5.74, 6) is -0.362. The van der Waals surface area contributed by atoms with Gasteiger partial charge in [0.25, 0.3) is 0 Å². The highest BCUT2D eigenvalue weighted by Gasteiger charge is 2.53. The number of ketones is 1. The van der Waals surface area contributed by atoms with Gasteiger partial charge >= 0.3 is 5.97 Å². The lowest BCUT2D eigenvalue weighted by Crippen LogP contribution is -2.39. The smallest absolute Gasteiger partial charge is 0.334 e. The van der Waals surface area contributed by atoms with E-state index in [4.69, 9.17) is 9.47 Å². The lowest BCUT2D eigenvalue weighted by molar-refractivity contribution is -0.161. The van der Waals surface area contributed by atoms with Gasteiger partial charge in [-0.05, 0) is 65.2 Å². The van der Waals surface area contributed by atoms with E-state index in [9.17, 15) is 9.59 Å². The molecule has 4 heteroatoms. The Kier molecular flexibility index (Phi) is 4.45. The number of esters is 1. The normalized spacial score (nSPS) is 43.1. The Balaban J connectivity index is 1.86. The molecule has 0 aromatic carbocycles. The second kappa shape index (κ2) is 6.14. The molecule has 0 spiro atoms. The van der Waals surface area contributed by atoms with Gasteiger partial charge in [-0.3, -0.25) is 4.79 Å². The van der Waals surface area contributed by atoms with Crippen LogP contribution in [0.5, 0.6) is 0 Å². The van der Waals surface area contributed by atoms with Crippen LogP contribution in [0.4, 0.5) is 0 Å². The van der Waals surface area contributed by atoms with Crippen molar-refractivity contribution in [1.82, 2.24) is 0 Å². The molecule has 0 amide bonds. The van der Waals surface area contributed by atoms with Crippen LogP contribution in [0.15, 0.2) is 23.8 Å². The van der Waals surface area contributed by atoms with Gasteiger partial charge < -0.3 is 9.47 Å². The largest absolute Gasteiger partial charge is 0.448 e. The van der Waals surface area contributed by atoms with Crippen LogP contribution in [-0.4, -0.2) is 29.1 Å². The van der Waals surface area contributed by atoms with E-state index in [0.717, 1.165) is 32.1 Å². The fourth-order valence-corrected chi connectivity index (χ4v) is 3.92. The van der Waals surface area contributed by atoms with Crippen molar-refractivity contribution in [1.29, 1.82) is 0 Å². The van der Waals surface area contributed by atoms with Crippen LogP contribution in [0.25, 0.3) is 0 Å². The number of hydrogen-bond donors (Lipinski definition) is 0. The van der Waals surface area contributed by atoms with Gasteiger partial charge in [-0.2, -0.15) is 0 Å². The van der Waals surface area contributed by atoms with Gasteiger partial charge in [0.2, 0.25) is 0 Å². The maximum atomic E-state index is 12.7. The van der Waals surface area contributed by atoms with E-state index in [1.807, 2.05) is 0 Å². The molecule has 4 nitrogen and oxygen atoms in total. The molecule has 132 valence electrons. The van der Waals surface area contributed by atoms with Gasteiger partial charge in [-0.15, -0.1) is 0 Å². The monoisotopic (exact) mass is 332 g/mol. The third-order valence-electron chi connectivity index (χ3n) is 6.05. The topological polar surface area (TPSA) is 55.9 Å². The summed E-state index contributed by atoms with van der Waals surface area (Å²) in [7, 11) is 0. The third kappa shape index (κ3) is 3.34. The lowest BCUT2D eigenvalue weighted by atomic mass is 9.83. The molecular weight excluding hydrogens is 304 g/mol. The summed E-state index contributed by atoms with van der Waals surface area (Å²) < 4.78 is 11.5. The molecule has 2 bridgehead atoms. The first kappa shape index (κ1) is 17.4. The molecule has 4 atom stereocenters. The molecule has 0 radical (unpaired) electrons. The molecule has 0 N–H and O–H groups in total. The van der Waals surface area contributed by atoms with Crippen LogP contribution in [0.2, 0.25) is 0 Å². The quantitative estimate of drug-likeness (QED) is 0.292. The number of fused-ring (bicyclic) bond motifs is 4. The van der Waals surface area contributed by atoms with Crippen LogP contribution in [0.1, 0.15) is 65.7 Å². The Morgan fingerprint density at radius 3 is 2.71 bits per heavy atom. The number of ether oxygens (including phenoxy) is 2. The zero-order valence-corrected chi connectivity index (χ0v) is 15.0. The molecular formula is C20H28O4. The van der Waals surface area contributed by atoms with Crippen molar-refractivity contribution in [3.8, 4) is 0 Å². The van der Waals surface area contributed by atoms with Crippen LogP contribution in [-0.2, 0) is 19.1 Å². The van der Waals surface area contributed by atoms with Gasteiger partial charge in [0.15, 0.2) is 11.4 Å². The molecule has 24 heavy (non-hydrogen) atoms. The Morgan fingerprint density at radius 2 is 1.96 bits per heavy atom. The first-order valence-corrected chi connectivity index (χ1v) is 9.02. The molecule has 3 aliphatic rings. The molecule has 3 rings (SSSR count). The Bertz CT molecular complexity index is 605. The third-order valence-corrected chi connectivity index (χ3v) is 6.05. The summed E-state index contributed by atoms with van der Waals surface area (Å²) in [6, 6.07) is 0. The second-order valence-electron chi connectivity index (χ2n) is 8.05. The molecule has 2 heterocycles. The van der Waals surface area contributed by atoms with E-state index in [0.29, 0.717) is 18.4 Å². The summed E-state index contributed by atoms with van der Waals surface area (Å²) in [5.41, 5.74) is 0.601. The van der Waals surface area contributed by atoms with E-state index in [2.05, 4.69) is 26.5 Å². The van der Waals surface area contributed by atoms with Crippen molar-refractivity contribution in [2.24, 2.45) is 5.92 Å². The molecule has 0 unspecified atom stereocenters. The predicted octanol–water partition coefficient (Wildman–Crippen LogP) is 3.89. The summed E-state index contributed by atoms with van der Waals surface area (Å²) in [6.45, 7) is 9.92. The van der Waals surface area contributed by atoms with Crippen LogP contribution < -0.4 is 0 Å². The van der Waals surface area contributed by atoms with Gasteiger partial charge in [-0.1, -0.05) is 18.2 Å². The summed E-state index contributed by atoms with van der Waals surface area (Å²) in [5, 5.41) is 0. The molecule has 0 aromatic rings. The first-order valence-electron chi connectivity index (χ1n) is 9.02. The molecule has 0 saturated carbocycles. The van der Waals surface area contributed by atoms with E-state index >= 15 is 0 Å². The molecule has 0 aromatic heterocycles. The fourth-order valence-electron chi connectivity index (χ4n) is 3.92. The van der Waals surface area contributed by atoms with Crippen molar-refractivity contribution >= 4 is 11.8 Å². The number of hydrogen-bond acceptors (Lipinski definition) is 4. The molecule has 2 aliphatic heterocycles. The standard InChI is InChI=1S/C20H28O4/c1-13-6-5-10-20(4)17(23-20)12-15-9-11-19(3,16(21)8-7-13)24-18(22)14(15)2/h6,15,17H,2,5,7-12H2,1,3-4H3/b13-6+/t15-,17+,19-,20-/m1/s1. The molecule has 2 fully saturated rings. The number of Topliss-reactive ketones (excluding diaryl/α,β-unsaturated/α-hetero) is 1. The van der Waals surface area contributed by atoms with E-state index in [1.165, 1.54) is 5.57 Å². The zero-order chi connectivity index (χ0) is 17.5. The minimum Gasteiger partial charge on any atom is -0.448 e. The Labute approximate surface area is 144 Å². The van der Waals surface area contributed by atoms with Crippen molar-refractivity contribution in [3.05, 3.63) is 23.8 Å². The highest BCUT2D eigenvalue weighted by Crippen LogP contribution is 2.46. The zero-order valence-electron chi connectivity index (χ0n) is 15.0. The van der Waals surface area contributed by atoms with Gasteiger partial charge in [0.05, 0.1) is 11.7 Å². The number of rotatable bonds is 0. The van der Waals surface area contributed by atoms with Crippen LogP contribution in [0.3, 0.4) is 0 Å². The second-order valence-corrected chi connectivity index (χ2v) is 8.05. The average molecular weight is 332 g/mol. The molecule has 2 saturated heterocycles. The van der Waals surface area contributed by atoms with Gasteiger partial charge in [0, 0.05) is 12.0 Å². The van der Waals surface area contributed by atoms with Crippen molar-refractivity contribution < 1.29 is 19.1 Å². The van der Waals surface area contributed by atoms with E-state index in [-0.39, 0.29) is 23.4 Å². The summed E-state index contributed by atoms with van der Waals surface area (Å²) in [4.78, 5) is 25.1. The number of epoxide rings is 1. The highest BCUT2D eigenvalue weighted by atomic mass is 16.6. The number of carbonyl (C=O) groups excluding carboxylic acids is 2. The number of allylic oxidation sites excluding steroid dienone is 2. The Hall–Kier alpha value is -1.42. The predicted molar refractivity (Wildman–Crippen MR) is 91.5 cm³/mol. The lowest BCUT2D eigenvalue weighted by Gasteiger charge is -2.26. The molecule has 1 aliphatic carbocycles. The number of carbonyl (C=O) groups is 2. The van der Waals surface area contributed by atoms with Gasteiger partial charge in [-0.25, -0.2) is 4.79 Å². The first-order chi connectivity index (χ1) is 11.2. The minimum absolute atomic E-state index is 0.0154. The summed E-state index contributed by atoms with van der Waals surface area (Å²) >= 11 is 0. The summed E-state index contributed by atoms with van der Waals surface area (Å²) in [6.07, 6.45) is 7.56. The van der Waals surface area contributed by atoms with Crippen LogP contribution in [0, 0.1) is 5.92 Å². The average Bonchev–Trinajstić information content (AvgIpc) is 3.18. The Morgan fingerprint density at radius 1 is 1.21 bits per heavy atom. The maximum Gasteiger partial charge on any atom is 0.334 e. The highest BCUT2D eigenvalue weighted by molar-refractivity contribution is 5.94. The van der Waals surface area contributed by atoms with Gasteiger partial charge in [0.1, 0.15) is 0 Å². The van der Waals surface area contributed by atoms with Crippen molar-refractivity contribution in [2.75, 3.05) is 0 Å². The minimum atomic E-state index is -1.02. The maximum absolute atomic E-state index is 12.7. The SMILES string of the molecule is C=C1C(=O)O[C@]2(C)CC[C@@H]1C[C@@H]1O[C@]1(C)CC/C=C(\C)CCC2=O.